The first-order valence-corrected chi connectivity index (χ1v) is 5.85. The van der Waals surface area contributed by atoms with Crippen molar-refractivity contribution in [1.82, 2.24) is 0 Å². The Balaban J connectivity index is 0.000000304. The number of aliphatic hydroxyl groups excluding tert-OH is 1. The molecule has 0 fully saturated rings. The van der Waals surface area contributed by atoms with Crippen LogP contribution in [0.2, 0.25) is 0 Å². The van der Waals surface area contributed by atoms with Crippen LogP contribution in [0.3, 0.4) is 0 Å². The lowest BCUT2D eigenvalue weighted by molar-refractivity contribution is 0.0697. The number of carboxylic acids is 1. The summed E-state index contributed by atoms with van der Waals surface area (Å²) in [7, 11) is 0. The van der Waals surface area contributed by atoms with Crippen molar-refractivity contribution in [3.63, 3.8) is 0 Å². The van der Waals surface area contributed by atoms with Gasteiger partial charge >= 0.3 is 5.97 Å². The summed E-state index contributed by atoms with van der Waals surface area (Å²) in [5, 5.41) is 16.6. The molecule has 1 aromatic carbocycles. The summed E-state index contributed by atoms with van der Waals surface area (Å²) < 4.78 is 7.43. The molecule has 0 saturated carbocycles. The molecule has 0 amide bonds. The van der Waals surface area contributed by atoms with Crippen LogP contribution in [0, 0.1) is 9.85 Å². The fraction of sp³-hybridized carbons (Fsp3) is 0.250. The zero-order chi connectivity index (χ0) is 12.9. The van der Waals surface area contributed by atoms with Crippen molar-refractivity contribution in [2.75, 3.05) is 19.8 Å². The highest BCUT2D eigenvalue weighted by Crippen LogP contribution is 1.96. The Morgan fingerprint density at radius 2 is 2.00 bits per heavy atom. The molecule has 0 aromatic heterocycles. The molecular formula is C12H13IO4. The number of aromatic carboxylic acids is 1. The normalized spacial score (nSPS) is 8.35. The van der Waals surface area contributed by atoms with Crippen LogP contribution in [-0.4, -0.2) is 36.0 Å². The number of carbonyl (C=O) groups is 1. The van der Waals surface area contributed by atoms with Gasteiger partial charge in [-0.25, -0.2) is 4.79 Å². The zero-order valence-electron chi connectivity index (χ0n) is 9.10. The Morgan fingerprint density at radius 3 is 2.41 bits per heavy atom. The van der Waals surface area contributed by atoms with Gasteiger partial charge in [-0.2, -0.15) is 0 Å². The second-order valence-electron chi connectivity index (χ2n) is 2.72. The highest BCUT2D eigenvalue weighted by molar-refractivity contribution is 14.1. The fourth-order valence-electron chi connectivity index (χ4n) is 0.796. The molecule has 17 heavy (non-hydrogen) atoms. The molecule has 0 atom stereocenters. The van der Waals surface area contributed by atoms with Crippen molar-refractivity contribution < 1.29 is 19.7 Å². The summed E-state index contributed by atoms with van der Waals surface area (Å²) in [6, 6.07) is 8.30. The number of carboxylic acid groups (broad SMARTS) is 1. The standard InChI is InChI=1S/C7H6O2.C5H7IO2/c8-7(9)6-4-2-1-3-5-6;6-2-1-4-8-5-3-7/h1-5H,(H,8,9);7H,3-5H2. The van der Waals surface area contributed by atoms with Crippen LogP contribution in [0.15, 0.2) is 30.3 Å². The van der Waals surface area contributed by atoms with Gasteiger partial charge in [0.25, 0.3) is 0 Å². The van der Waals surface area contributed by atoms with Gasteiger partial charge < -0.3 is 14.9 Å². The second-order valence-corrected chi connectivity index (χ2v) is 3.26. The molecule has 0 heterocycles. The molecule has 4 nitrogen and oxygen atoms in total. The van der Waals surface area contributed by atoms with Crippen molar-refractivity contribution in [1.29, 1.82) is 0 Å². The molecule has 0 aliphatic carbocycles. The van der Waals surface area contributed by atoms with Crippen LogP contribution in [0.1, 0.15) is 10.4 Å². The summed E-state index contributed by atoms with van der Waals surface area (Å²) in [5.41, 5.74) is 0.331. The van der Waals surface area contributed by atoms with E-state index in [1.807, 2.05) is 22.6 Å². The maximum atomic E-state index is 10.2. The SMILES string of the molecule is O=C(O)c1ccccc1.OCCOCC#CI. The van der Waals surface area contributed by atoms with Crippen LogP contribution < -0.4 is 0 Å². The van der Waals surface area contributed by atoms with E-state index in [9.17, 15) is 4.79 Å². The van der Waals surface area contributed by atoms with E-state index in [-0.39, 0.29) is 6.61 Å². The van der Waals surface area contributed by atoms with Crippen molar-refractivity contribution in [3.05, 3.63) is 35.9 Å². The second kappa shape index (κ2) is 11.4. The number of hydrogen-bond donors (Lipinski definition) is 2. The van der Waals surface area contributed by atoms with Crippen LogP contribution in [-0.2, 0) is 4.74 Å². The van der Waals surface area contributed by atoms with E-state index in [0.29, 0.717) is 18.8 Å². The van der Waals surface area contributed by atoms with Crippen LogP contribution in [0.4, 0.5) is 0 Å². The lowest BCUT2D eigenvalue weighted by atomic mass is 10.2. The van der Waals surface area contributed by atoms with E-state index in [4.69, 9.17) is 14.9 Å². The average Bonchev–Trinajstić information content (AvgIpc) is 2.37. The number of rotatable bonds is 4. The van der Waals surface area contributed by atoms with Crippen molar-refractivity contribution in [2.24, 2.45) is 0 Å². The number of benzene rings is 1. The Labute approximate surface area is 114 Å². The van der Waals surface area contributed by atoms with Crippen molar-refractivity contribution in [3.8, 4) is 9.85 Å². The first kappa shape index (κ1) is 15.9. The Morgan fingerprint density at radius 1 is 1.35 bits per heavy atom. The van der Waals surface area contributed by atoms with E-state index in [1.54, 1.807) is 30.3 Å². The third kappa shape index (κ3) is 9.81. The highest BCUT2D eigenvalue weighted by atomic mass is 127. The molecule has 2 N–H and O–H groups in total. The van der Waals surface area contributed by atoms with Gasteiger partial charge in [-0.15, -0.1) is 0 Å². The molecule has 0 aliphatic heterocycles. The number of hydrogen-bond acceptors (Lipinski definition) is 3. The predicted octanol–water partition coefficient (Wildman–Crippen LogP) is 1.78. The van der Waals surface area contributed by atoms with E-state index >= 15 is 0 Å². The maximum absolute atomic E-state index is 10.2. The smallest absolute Gasteiger partial charge is 0.335 e. The number of ether oxygens (including phenoxy) is 1. The number of aliphatic hydroxyl groups is 1. The van der Waals surface area contributed by atoms with Crippen LogP contribution >= 0.6 is 22.6 Å². The van der Waals surface area contributed by atoms with Crippen LogP contribution in [0.25, 0.3) is 0 Å². The number of halogens is 1. The van der Waals surface area contributed by atoms with Gasteiger partial charge in [0.15, 0.2) is 0 Å². The molecule has 0 bridgehead atoms. The quantitative estimate of drug-likeness (QED) is 0.495. The summed E-state index contributed by atoms with van der Waals surface area (Å²) in [6.45, 7) is 0.873. The van der Waals surface area contributed by atoms with Gasteiger partial charge in [0, 0.05) is 22.6 Å². The summed E-state index contributed by atoms with van der Waals surface area (Å²) in [6.07, 6.45) is 0. The summed E-state index contributed by atoms with van der Waals surface area (Å²) >= 11 is 1.94. The largest absolute Gasteiger partial charge is 0.478 e. The Hall–Kier alpha value is -1.10. The minimum atomic E-state index is -0.879. The lowest BCUT2D eigenvalue weighted by Gasteiger charge is -1.91. The van der Waals surface area contributed by atoms with E-state index < -0.39 is 5.97 Å². The molecule has 5 heteroatoms. The maximum Gasteiger partial charge on any atom is 0.335 e. The minimum absolute atomic E-state index is 0.0723. The van der Waals surface area contributed by atoms with Gasteiger partial charge in [0.1, 0.15) is 6.61 Å². The molecule has 1 aromatic rings. The van der Waals surface area contributed by atoms with Gasteiger partial charge in [-0.05, 0) is 16.1 Å². The zero-order valence-corrected chi connectivity index (χ0v) is 11.3. The van der Waals surface area contributed by atoms with Gasteiger partial charge in [0.2, 0.25) is 0 Å². The molecule has 1 rings (SSSR count). The average molecular weight is 348 g/mol. The minimum Gasteiger partial charge on any atom is -0.478 e. The first-order valence-electron chi connectivity index (χ1n) is 4.77. The van der Waals surface area contributed by atoms with E-state index in [0.717, 1.165) is 0 Å². The first-order chi connectivity index (χ1) is 8.22. The molecule has 0 unspecified atom stereocenters. The third-order valence-corrected chi connectivity index (χ3v) is 1.88. The highest BCUT2D eigenvalue weighted by Gasteiger charge is 1.96. The fourth-order valence-corrected chi connectivity index (χ4v) is 0.951. The van der Waals surface area contributed by atoms with Gasteiger partial charge in [0.05, 0.1) is 18.8 Å². The van der Waals surface area contributed by atoms with Crippen molar-refractivity contribution in [2.45, 2.75) is 0 Å². The van der Waals surface area contributed by atoms with E-state index in [1.165, 1.54) is 0 Å². The molecule has 0 spiro atoms. The third-order valence-electron chi connectivity index (χ3n) is 1.50. The van der Waals surface area contributed by atoms with E-state index in [2.05, 4.69) is 9.85 Å². The Kier molecular flexibility index (Phi) is 10.7. The topological polar surface area (TPSA) is 66.8 Å². The van der Waals surface area contributed by atoms with Gasteiger partial charge in [-0.1, -0.05) is 24.1 Å². The molecule has 0 aliphatic rings. The van der Waals surface area contributed by atoms with Crippen LogP contribution in [0.5, 0.6) is 0 Å². The summed E-state index contributed by atoms with van der Waals surface area (Å²) in [4.78, 5) is 10.2. The predicted molar refractivity (Wildman–Crippen MR) is 73.1 cm³/mol. The summed E-state index contributed by atoms with van der Waals surface area (Å²) in [5.74, 6) is 1.81. The van der Waals surface area contributed by atoms with Crippen molar-refractivity contribution >= 4 is 28.6 Å². The molecule has 0 radical (unpaired) electrons. The Bertz CT molecular complexity index is 367. The van der Waals surface area contributed by atoms with Gasteiger partial charge in [-0.3, -0.25) is 0 Å². The monoisotopic (exact) mass is 348 g/mol. The molecular weight excluding hydrogens is 335 g/mol. The molecule has 0 saturated heterocycles. The lowest BCUT2D eigenvalue weighted by Crippen LogP contribution is -1.98. The molecule has 92 valence electrons.